The van der Waals surface area contributed by atoms with E-state index in [0.29, 0.717) is 29.8 Å². The van der Waals surface area contributed by atoms with Gasteiger partial charge in [0.15, 0.2) is 0 Å². The van der Waals surface area contributed by atoms with E-state index in [1.54, 1.807) is 0 Å². The maximum absolute atomic E-state index is 12.7. The van der Waals surface area contributed by atoms with Crippen LogP contribution in [0, 0.1) is 11.8 Å². The van der Waals surface area contributed by atoms with Gasteiger partial charge in [0.2, 0.25) is 5.91 Å². The minimum atomic E-state index is 0.125. The number of fused-ring (bicyclic) bond motifs is 1. The number of carbonyl (C=O) groups excluding carboxylic acids is 1. The first-order valence-electron chi connectivity index (χ1n) is 9.36. The summed E-state index contributed by atoms with van der Waals surface area (Å²) in [6.07, 6.45) is 1.00. The van der Waals surface area contributed by atoms with Gasteiger partial charge in [-0.1, -0.05) is 30.3 Å². The molecule has 4 atom stereocenters. The molecule has 1 amide bonds. The largest absolute Gasteiger partial charge is 0.339 e. The molecule has 0 saturated carbocycles. The molecule has 4 rings (SSSR count). The molecule has 0 aromatic heterocycles. The fraction of sp³-hybridized carbons (Fsp3) is 0.650. The highest BCUT2D eigenvalue weighted by molar-refractivity contribution is 5.84. The molecule has 3 aliphatic heterocycles. The minimum Gasteiger partial charge on any atom is -0.339 e. The molecule has 0 unspecified atom stereocenters. The topological polar surface area (TPSA) is 26.8 Å². The summed E-state index contributed by atoms with van der Waals surface area (Å²) in [7, 11) is 2.25. The minimum absolute atomic E-state index is 0.125. The molecule has 4 nitrogen and oxygen atoms in total. The van der Waals surface area contributed by atoms with E-state index in [1.165, 1.54) is 5.56 Å². The highest BCUT2D eigenvalue weighted by Gasteiger charge is 2.49. The van der Waals surface area contributed by atoms with Crippen molar-refractivity contribution in [3.8, 4) is 0 Å². The summed E-state index contributed by atoms with van der Waals surface area (Å²) in [5, 5.41) is 0. The number of rotatable bonds is 3. The Bertz CT molecular complexity index is 602. The average molecular weight is 327 g/mol. The Kier molecular flexibility index (Phi) is 4.13. The van der Waals surface area contributed by atoms with Crippen molar-refractivity contribution in [2.24, 2.45) is 11.8 Å². The molecular formula is C20H29N3O. The summed E-state index contributed by atoms with van der Waals surface area (Å²) < 4.78 is 0. The molecule has 3 heterocycles. The van der Waals surface area contributed by atoms with Crippen LogP contribution in [0.4, 0.5) is 0 Å². The van der Waals surface area contributed by atoms with Crippen LogP contribution in [0.25, 0.3) is 0 Å². The zero-order valence-corrected chi connectivity index (χ0v) is 15.1. The third-order valence-electron chi connectivity index (χ3n) is 6.34. The number of nitrogens with zero attached hydrogens (tertiary/aromatic N) is 3. The van der Waals surface area contributed by atoms with Crippen molar-refractivity contribution >= 4 is 5.91 Å². The molecule has 24 heavy (non-hydrogen) atoms. The van der Waals surface area contributed by atoms with Gasteiger partial charge in [0.05, 0.1) is 6.04 Å². The number of benzene rings is 1. The number of amides is 1. The molecule has 1 aromatic rings. The van der Waals surface area contributed by atoms with Gasteiger partial charge in [0.25, 0.3) is 0 Å². The monoisotopic (exact) mass is 327 g/mol. The van der Waals surface area contributed by atoms with Gasteiger partial charge < -0.3 is 4.90 Å². The SMILES string of the molecule is CC(C)N1CC[C@H](N2C[C@@H]3CN(C)[C@H](c4ccccc4)[C@@H]3C2)C1=O. The normalized spacial score (nSPS) is 34.5. The first kappa shape index (κ1) is 16.1. The Balaban J connectivity index is 1.50. The van der Waals surface area contributed by atoms with Crippen LogP contribution in [0.1, 0.15) is 31.9 Å². The quantitative estimate of drug-likeness (QED) is 0.852. The Morgan fingerprint density at radius 1 is 1.08 bits per heavy atom. The summed E-state index contributed by atoms with van der Waals surface area (Å²) in [4.78, 5) is 19.8. The van der Waals surface area contributed by atoms with Crippen molar-refractivity contribution in [2.75, 3.05) is 33.2 Å². The van der Waals surface area contributed by atoms with Crippen molar-refractivity contribution in [2.45, 2.75) is 38.4 Å². The number of hydrogen-bond donors (Lipinski definition) is 0. The van der Waals surface area contributed by atoms with E-state index in [0.717, 1.165) is 32.6 Å². The third-order valence-corrected chi connectivity index (χ3v) is 6.34. The van der Waals surface area contributed by atoms with E-state index in [1.807, 2.05) is 0 Å². The lowest BCUT2D eigenvalue weighted by Crippen LogP contribution is -2.43. The second-order valence-electron chi connectivity index (χ2n) is 8.10. The molecule has 3 aliphatic rings. The second kappa shape index (κ2) is 6.16. The molecule has 3 saturated heterocycles. The fourth-order valence-corrected chi connectivity index (χ4v) is 5.24. The first-order chi connectivity index (χ1) is 11.6. The molecule has 3 fully saturated rings. The van der Waals surface area contributed by atoms with Crippen LogP contribution in [0.15, 0.2) is 30.3 Å². The zero-order valence-electron chi connectivity index (χ0n) is 15.1. The first-order valence-corrected chi connectivity index (χ1v) is 9.36. The molecule has 4 heteroatoms. The summed E-state index contributed by atoms with van der Waals surface area (Å²) >= 11 is 0. The van der Waals surface area contributed by atoms with Crippen molar-refractivity contribution in [3.63, 3.8) is 0 Å². The van der Waals surface area contributed by atoms with Gasteiger partial charge in [-0.25, -0.2) is 0 Å². The van der Waals surface area contributed by atoms with Crippen LogP contribution >= 0.6 is 0 Å². The van der Waals surface area contributed by atoms with E-state index in [2.05, 4.69) is 65.9 Å². The van der Waals surface area contributed by atoms with Crippen LogP contribution in [0.5, 0.6) is 0 Å². The smallest absolute Gasteiger partial charge is 0.240 e. The van der Waals surface area contributed by atoms with E-state index >= 15 is 0 Å². The van der Waals surface area contributed by atoms with Gasteiger partial charge in [-0.2, -0.15) is 0 Å². The van der Waals surface area contributed by atoms with Crippen LogP contribution in [0.2, 0.25) is 0 Å². The Labute approximate surface area is 145 Å². The van der Waals surface area contributed by atoms with E-state index in [4.69, 9.17) is 0 Å². The van der Waals surface area contributed by atoms with Gasteiger partial charge in [0.1, 0.15) is 0 Å². The van der Waals surface area contributed by atoms with Crippen molar-refractivity contribution in [1.29, 1.82) is 0 Å². The Morgan fingerprint density at radius 3 is 2.50 bits per heavy atom. The maximum atomic E-state index is 12.7. The van der Waals surface area contributed by atoms with Gasteiger partial charge in [0, 0.05) is 38.3 Å². The standard InChI is InChI=1S/C20H29N3O/c1-14(2)23-10-9-18(20(23)24)22-12-16-11-21(3)19(17(16)13-22)15-7-5-4-6-8-15/h4-8,14,16-19H,9-13H2,1-3H3/t16-,17+,18-,19+/m0/s1. The van der Waals surface area contributed by atoms with Gasteiger partial charge in [-0.3, -0.25) is 14.6 Å². The summed E-state index contributed by atoms with van der Waals surface area (Å²) in [6, 6.07) is 11.8. The molecule has 0 bridgehead atoms. The highest BCUT2D eigenvalue weighted by Crippen LogP contribution is 2.45. The summed E-state index contributed by atoms with van der Waals surface area (Å²) in [6.45, 7) is 8.47. The summed E-state index contributed by atoms with van der Waals surface area (Å²) in [5.41, 5.74) is 1.43. The summed E-state index contributed by atoms with van der Waals surface area (Å²) in [5.74, 6) is 1.70. The Morgan fingerprint density at radius 2 is 1.83 bits per heavy atom. The lowest BCUT2D eigenvalue weighted by Gasteiger charge is -2.29. The van der Waals surface area contributed by atoms with Gasteiger partial charge in [-0.15, -0.1) is 0 Å². The average Bonchev–Trinajstić information content (AvgIpc) is 3.19. The lowest BCUT2D eigenvalue weighted by atomic mass is 9.90. The molecule has 1 aromatic carbocycles. The van der Waals surface area contributed by atoms with Crippen LogP contribution in [-0.4, -0.2) is 65.9 Å². The van der Waals surface area contributed by atoms with Crippen LogP contribution in [-0.2, 0) is 4.79 Å². The predicted molar refractivity (Wildman–Crippen MR) is 95.6 cm³/mol. The molecule has 0 N–H and O–H groups in total. The molecule has 0 radical (unpaired) electrons. The van der Waals surface area contributed by atoms with Crippen molar-refractivity contribution < 1.29 is 4.79 Å². The Hall–Kier alpha value is -1.39. The maximum Gasteiger partial charge on any atom is 0.240 e. The van der Waals surface area contributed by atoms with Crippen LogP contribution in [0.3, 0.4) is 0 Å². The van der Waals surface area contributed by atoms with Crippen molar-refractivity contribution in [3.05, 3.63) is 35.9 Å². The lowest BCUT2D eigenvalue weighted by molar-refractivity contribution is -0.133. The second-order valence-corrected chi connectivity index (χ2v) is 8.10. The third kappa shape index (κ3) is 2.56. The van der Waals surface area contributed by atoms with E-state index in [-0.39, 0.29) is 6.04 Å². The van der Waals surface area contributed by atoms with Gasteiger partial charge >= 0.3 is 0 Å². The number of carbonyl (C=O) groups is 1. The predicted octanol–water partition coefficient (Wildman–Crippen LogP) is 2.23. The fourth-order valence-electron chi connectivity index (χ4n) is 5.24. The number of likely N-dealkylation sites (tertiary alicyclic amines) is 3. The number of hydrogen-bond acceptors (Lipinski definition) is 3. The molecule has 0 aliphatic carbocycles. The van der Waals surface area contributed by atoms with E-state index < -0.39 is 0 Å². The van der Waals surface area contributed by atoms with Crippen molar-refractivity contribution in [1.82, 2.24) is 14.7 Å². The molecule has 130 valence electrons. The zero-order chi connectivity index (χ0) is 16.8. The molecule has 0 spiro atoms. The van der Waals surface area contributed by atoms with Crippen LogP contribution < -0.4 is 0 Å². The van der Waals surface area contributed by atoms with E-state index in [9.17, 15) is 4.79 Å². The highest BCUT2D eigenvalue weighted by atomic mass is 16.2. The molecular weight excluding hydrogens is 298 g/mol. The van der Waals surface area contributed by atoms with Gasteiger partial charge in [-0.05, 0) is 44.7 Å².